The van der Waals surface area contributed by atoms with Crippen molar-refractivity contribution in [3.8, 4) is 11.3 Å². The van der Waals surface area contributed by atoms with Crippen LogP contribution in [0.5, 0.6) is 0 Å². The highest BCUT2D eigenvalue weighted by Gasteiger charge is 2.22. The Morgan fingerprint density at radius 2 is 1.78 bits per heavy atom. The normalized spacial score (nSPS) is 10.8. The van der Waals surface area contributed by atoms with E-state index < -0.39 is 4.92 Å². The molecule has 0 aliphatic heterocycles. The number of pyridine rings is 1. The maximum absolute atomic E-state index is 12.9. The molecule has 0 radical (unpaired) electrons. The number of Topliss-reactive ketones (excluding diaryl/α,β-unsaturated/α-hetero) is 1. The van der Waals surface area contributed by atoms with Gasteiger partial charge in [-0.3, -0.25) is 14.9 Å². The minimum Gasteiger partial charge on any atom is -0.290 e. The first kappa shape index (κ1) is 16.7. The number of nitrogens with zero attached hydrogens (tertiary/aromatic N) is 3. The first-order chi connectivity index (χ1) is 13.1. The molecule has 0 atom stereocenters. The van der Waals surface area contributed by atoms with Crippen LogP contribution in [0.25, 0.3) is 16.9 Å². The number of nitro groups is 1. The number of ketones is 1. The number of rotatable bonds is 5. The first-order valence-corrected chi connectivity index (χ1v) is 8.46. The molecule has 132 valence electrons. The van der Waals surface area contributed by atoms with Gasteiger partial charge in [0.15, 0.2) is 12.2 Å². The lowest BCUT2D eigenvalue weighted by molar-refractivity contribution is -0.510. The molecule has 0 unspecified atom stereocenters. The molecule has 6 nitrogen and oxygen atoms in total. The lowest BCUT2D eigenvalue weighted by Gasteiger charge is -2.03. The standard InChI is InChI=1S/C21H16N3O3/c25-20(17-9-6-10-18(13-17)24(26)27)15-23-19(16-7-2-1-3-8-16)14-22-12-5-4-11-21(22)23/h1-14H,15H2/q+1. The quantitative estimate of drug-likeness (QED) is 0.236. The fraction of sp³-hybridized carbons (Fsp3) is 0.0476. The zero-order valence-electron chi connectivity index (χ0n) is 14.4. The second-order valence-corrected chi connectivity index (χ2v) is 6.16. The first-order valence-electron chi connectivity index (χ1n) is 8.46. The molecular formula is C21H16N3O3+. The SMILES string of the molecule is O=C(Cn1c(-c2ccccc2)c[n+]2ccccc12)c1cccc([N+](=O)[O-])c1. The molecule has 4 rings (SSSR count). The van der Waals surface area contributed by atoms with Crippen molar-refractivity contribution in [3.63, 3.8) is 0 Å². The monoisotopic (exact) mass is 358 g/mol. The van der Waals surface area contributed by atoms with Gasteiger partial charge in [-0.05, 0) is 6.07 Å². The number of non-ortho nitro benzene ring substituents is 1. The van der Waals surface area contributed by atoms with Crippen molar-refractivity contribution in [2.45, 2.75) is 6.54 Å². The number of imidazole rings is 1. The van der Waals surface area contributed by atoms with Crippen LogP contribution in [-0.2, 0) is 6.54 Å². The molecule has 0 fully saturated rings. The third-order valence-corrected chi connectivity index (χ3v) is 4.45. The second kappa shape index (κ2) is 6.84. The molecule has 0 saturated carbocycles. The van der Waals surface area contributed by atoms with Crippen LogP contribution in [-0.4, -0.2) is 15.3 Å². The summed E-state index contributed by atoms with van der Waals surface area (Å²) in [6.07, 6.45) is 3.90. The lowest BCUT2D eigenvalue weighted by atomic mass is 10.1. The topological polar surface area (TPSA) is 69.2 Å². The minimum absolute atomic E-state index is 0.0872. The third kappa shape index (κ3) is 3.20. The highest BCUT2D eigenvalue weighted by atomic mass is 16.6. The Kier molecular flexibility index (Phi) is 4.22. The molecule has 0 aliphatic carbocycles. The molecule has 27 heavy (non-hydrogen) atoms. The number of carbonyl (C=O) groups is 1. The zero-order chi connectivity index (χ0) is 18.8. The maximum Gasteiger partial charge on any atom is 0.287 e. The maximum atomic E-state index is 12.9. The largest absolute Gasteiger partial charge is 0.290 e. The number of aromatic nitrogens is 2. The molecule has 0 bridgehead atoms. The van der Waals surface area contributed by atoms with Gasteiger partial charge in [0.05, 0.1) is 11.1 Å². The van der Waals surface area contributed by atoms with E-state index in [2.05, 4.69) is 0 Å². The van der Waals surface area contributed by atoms with Gasteiger partial charge in [0.25, 0.3) is 11.3 Å². The zero-order valence-corrected chi connectivity index (χ0v) is 14.4. The number of fused-ring (bicyclic) bond motifs is 1. The van der Waals surface area contributed by atoms with Crippen molar-refractivity contribution in [1.29, 1.82) is 0 Å². The highest BCUT2D eigenvalue weighted by molar-refractivity contribution is 5.97. The fourth-order valence-electron chi connectivity index (χ4n) is 3.14. The van der Waals surface area contributed by atoms with Gasteiger partial charge in [0.1, 0.15) is 6.20 Å². The fourth-order valence-corrected chi connectivity index (χ4v) is 3.14. The Morgan fingerprint density at radius 3 is 2.56 bits per heavy atom. The average Bonchev–Trinajstić information content (AvgIpc) is 3.07. The molecule has 6 heteroatoms. The number of nitro benzene ring substituents is 1. The van der Waals surface area contributed by atoms with Crippen molar-refractivity contribution >= 4 is 17.1 Å². The summed E-state index contributed by atoms with van der Waals surface area (Å²) in [5.41, 5.74) is 3.01. The summed E-state index contributed by atoms with van der Waals surface area (Å²) in [6, 6.07) is 21.4. The molecule has 2 aromatic carbocycles. The number of carbonyl (C=O) groups excluding carboxylic acids is 1. The summed E-state index contributed by atoms with van der Waals surface area (Å²) < 4.78 is 3.89. The smallest absolute Gasteiger partial charge is 0.287 e. The Bertz CT molecular complexity index is 1150. The Labute approximate surface area is 155 Å². The van der Waals surface area contributed by atoms with Gasteiger partial charge < -0.3 is 0 Å². The van der Waals surface area contributed by atoms with E-state index in [4.69, 9.17) is 0 Å². The van der Waals surface area contributed by atoms with Crippen molar-refractivity contribution in [2.24, 2.45) is 0 Å². The van der Waals surface area contributed by atoms with E-state index >= 15 is 0 Å². The van der Waals surface area contributed by atoms with E-state index in [-0.39, 0.29) is 18.0 Å². The van der Waals surface area contributed by atoms with Gasteiger partial charge in [-0.2, -0.15) is 0 Å². The molecule has 0 amide bonds. The van der Waals surface area contributed by atoms with E-state index in [1.54, 1.807) is 6.07 Å². The summed E-state index contributed by atoms with van der Waals surface area (Å²) >= 11 is 0. The van der Waals surface area contributed by atoms with Crippen LogP contribution < -0.4 is 4.40 Å². The van der Waals surface area contributed by atoms with E-state index in [0.29, 0.717) is 5.56 Å². The van der Waals surface area contributed by atoms with Gasteiger partial charge in [0, 0.05) is 29.3 Å². The van der Waals surface area contributed by atoms with Crippen LogP contribution in [0, 0.1) is 10.1 Å². The second-order valence-electron chi connectivity index (χ2n) is 6.16. The number of benzene rings is 2. The van der Waals surface area contributed by atoms with Crippen molar-refractivity contribution in [2.75, 3.05) is 0 Å². The Balaban J connectivity index is 1.78. The van der Waals surface area contributed by atoms with Gasteiger partial charge in [-0.15, -0.1) is 0 Å². The van der Waals surface area contributed by atoms with Gasteiger partial charge in [-0.1, -0.05) is 48.5 Å². The predicted octanol–water partition coefficient (Wildman–Crippen LogP) is 3.68. The van der Waals surface area contributed by atoms with Crippen LogP contribution in [0.2, 0.25) is 0 Å². The van der Waals surface area contributed by atoms with E-state index in [1.165, 1.54) is 18.2 Å². The molecule has 4 aromatic rings. The lowest BCUT2D eigenvalue weighted by Crippen LogP contribution is -2.19. The molecule has 0 N–H and O–H groups in total. The predicted molar refractivity (Wildman–Crippen MR) is 100 cm³/mol. The molecule has 2 heterocycles. The van der Waals surface area contributed by atoms with Gasteiger partial charge >= 0.3 is 0 Å². The van der Waals surface area contributed by atoms with Crippen LogP contribution >= 0.6 is 0 Å². The van der Waals surface area contributed by atoms with Gasteiger partial charge in [-0.25, -0.2) is 8.97 Å². The molecule has 0 spiro atoms. The number of hydrogen-bond acceptors (Lipinski definition) is 3. The van der Waals surface area contributed by atoms with Crippen molar-refractivity contribution in [1.82, 2.24) is 4.57 Å². The summed E-state index contributed by atoms with van der Waals surface area (Å²) in [5, 5.41) is 11.0. The Morgan fingerprint density at radius 1 is 1.00 bits per heavy atom. The summed E-state index contributed by atoms with van der Waals surface area (Å²) in [6.45, 7) is 0.0892. The van der Waals surface area contributed by atoms with E-state index in [1.807, 2.05) is 69.9 Å². The van der Waals surface area contributed by atoms with E-state index in [9.17, 15) is 14.9 Å². The summed E-state index contributed by atoms with van der Waals surface area (Å²) in [7, 11) is 0. The average molecular weight is 358 g/mol. The molecule has 0 aliphatic rings. The van der Waals surface area contributed by atoms with E-state index in [0.717, 1.165) is 16.9 Å². The summed E-state index contributed by atoms with van der Waals surface area (Å²) in [4.78, 5) is 23.4. The van der Waals surface area contributed by atoms with Crippen molar-refractivity contribution < 1.29 is 14.1 Å². The summed E-state index contributed by atoms with van der Waals surface area (Å²) in [5.74, 6) is -0.183. The van der Waals surface area contributed by atoms with Crippen LogP contribution in [0.15, 0.2) is 85.2 Å². The van der Waals surface area contributed by atoms with Gasteiger partial charge in [0.2, 0.25) is 5.78 Å². The Hall–Kier alpha value is -3.80. The van der Waals surface area contributed by atoms with Crippen LogP contribution in [0.3, 0.4) is 0 Å². The molecule has 2 aromatic heterocycles. The van der Waals surface area contributed by atoms with Crippen LogP contribution in [0.1, 0.15) is 10.4 Å². The highest BCUT2D eigenvalue weighted by Crippen LogP contribution is 2.22. The third-order valence-electron chi connectivity index (χ3n) is 4.45. The number of hydrogen-bond donors (Lipinski definition) is 0. The van der Waals surface area contributed by atoms with Crippen molar-refractivity contribution in [3.05, 3.63) is 101 Å². The minimum atomic E-state index is -0.493. The van der Waals surface area contributed by atoms with Crippen LogP contribution in [0.4, 0.5) is 5.69 Å². The molecular weight excluding hydrogens is 342 g/mol. The molecule has 0 saturated heterocycles.